The fourth-order valence-electron chi connectivity index (χ4n) is 2.71. The van der Waals surface area contributed by atoms with Crippen LogP contribution in [0.4, 0.5) is 5.69 Å². The molecule has 0 unspecified atom stereocenters. The fourth-order valence-corrected chi connectivity index (χ4v) is 2.71. The van der Waals surface area contributed by atoms with Crippen molar-refractivity contribution < 1.29 is 0 Å². The highest BCUT2D eigenvalue weighted by atomic mass is 15.1. The van der Waals surface area contributed by atoms with Crippen LogP contribution in [0.25, 0.3) is 0 Å². The second-order valence-corrected chi connectivity index (χ2v) is 5.56. The Morgan fingerprint density at radius 1 is 1.35 bits per heavy atom. The Balaban J connectivity index is 2.10. The number of fused-ring (bicyclic) bond motifs is 1. The Labute approximate surface area is 105 Å². The molecule has 1 aliphatic rings. The third-order valence-corrected chi connectivity index (χ3v) is 3.31. The van der Waals surface area contributed by atoms with E-state index in [4.69, 9.17) is 0 Å². The van der Waals surface area contributed by atoms with Gasteiger partial charge >= 0.3 is 0 Å². The Hall–Kier alpha value is -1.02. The topological polar surface area (TPSA) is 15.3 Å². The molecule has 0 spiro atoms. The molecule has 2 rings (SSSR count). The van der Waals surface area contributed by atoms with Gasteiger partial charge in [-0.15, -0.1) is 0 Å². The molecule has 1 aliphatic heterocycles. The first-order chi connectivity index (χ1) is 8.16. The number of hydrogen-bond acceptors (Lipinski definition) is 2. The number of rotatable bonds is 4. The van der Waals surface area contributed by atoms with Gasteiger partial charge in [-0.3, -0.25) is 0 Å². The summed E-state index contributed by atoms with van der Waals surface area (Å²) in [6, 6.07) is 6.67. The van der Waals surface area contributed by atoms with Gasteiger partial charge < -0.3 is 10.2 Å². The first-order valence-electron chi connectivity index (χ1n) is 6.70. The molecule has 2 heteroatoms. The Morgan fingerprint density at radius 2 is 2.18 bits per heavy atom. The Bertz CT molecular complexity index is 371. The molecule has 0 radical (unpaired) electrons. The molecule has 1 aromatic rings. The summed E-state index contributed by atoms with van der Waals surface area (Å²) in [5, 5.41) is 3.50. The van der Waals surface area contributed by atoms with Crippen LogP contribution in [0.3, 0.4) is 0 Å². The van der Waals surface area contributed by atoms with E-state index in [1.54, 1.807) is 0 Å². The minimum absolute atomic E-state index is 0.734. The summed E-state index contributed by atoms with van der Waals surface area (Å²) in [5.41, 5.74) is 4.39. The number of hydrogen-bond donors (Lipinski definition) is 1. The van der Waals surface area contributed by atoms with Crippen molar-refractivity contribution in [2.45, 2.75) is 33.2 Å². The molecule has 0 aliphatic carbocycles. The fraction of sp³-hybridized carbons (Fsp3) is 0.600. The van der Waals surface area contributed by atoms with E-state index in [9.17, 15) is 0 Å². The molecule has 17 heavy (non-hydrogen) atoms. The van der Waals surface area contributed by atoms with Crippen molar-refractivity contribution in [3.8, 4) is 0 Å². The van der Waals surface area contributed by atoms with Gasteiger partial charge in [0.15, 0.2) is 0 Å². The maximum atomic E-state index is 3.50. The van der Waals surface area contributed by atoms with Crippen LogP contribution in [-0.2, 0) is 13.0 Å². The molecule has 0 atom stereocenters. The van der Waals surface area contributed by atoms with E-state index in [1.165, 1.54) is 29.7 Å². The zero-order valence-electron chi connectivity index (χ0n) is 11.3. The molecule has 2 nitrogen and oxygen atoms in total. The molecular formula is C15H24N2. The predicted octanol–water partition coefficient (Wildman–Crippen LogP) is 3.13. The Kier molecular flexibility index (Phi) is 4.06. The van der Waals surface area contributed by atoms with Crippen LogP contribution in [0.1, 0.15) is 31.4 Å². The van der Waals surface area contributed by atoms with Crippen molar-refractivity contribution in [2.75, 3.05) is 25.5 Å². The average molecular weight is 232 g/mol. The van der Waals surface area contributed by atoms with E-state index in [0.717, 1.165) is 25.6 Å². The number of nitrogens with zero attached hydrogens (tertiary/aromatic N) is 1. The van der Waals surface area contributed by atoms with Gasteiger partial charge in [0, 0.05) is 25.3 Å². The standard InChI is InChI=1S/C15H24N2/c1-12(2)10-17(3)11-13-6-4-8-15-14(13)7-5-9-16-15/h4,6,8,12,16H,5,7,9-11H2,1-3H3. The van der Waals surface area contributed by atoms with E-state index in [-0.39, 0.29) is 0 Å². The van der Waals surface area contributed by atoms with Crippen molar-refractivity contribution >= 4 is 5.69 Å². The van der Waals surface area contributed by atoms with E-state index < -0.39 is 0 Å². The molecule has 1 heterocycles. The molecule has 0 bridgehead atoms. The molecular weight excluding hydrogens is 208 g/mol. The number of nitrogens with one attached hydrogen (secondary N) is 1. The third-order valence-electron chi connectivity index (χ3n) is 3.31. The van der Waals surface area contributed by atoms with Gasteiger partial charge in [-0.2, -0.15) is 0 Å². The van der Waals surface area contributed by atoms with Gasteiger partial charge in [-0.05, 0) is 43.0 Å². The Morgan fingerprint density at radius 3 is 2.94 bits per heavy atom. The van der Waals surface area contributed by atoms with Crippen LogP contribution in [-0.4, -0.2) is 25.0 Å². The van der Waals surface area contributed by atoms with Crippen LogP contribution in [0.2, 0.25) is 0 Å². The minimum Gasteiger partial charge on any atom is -0.385 e. The van der Waals surface area contributed by atoms with Crippen molar-refractivity contribution in [2.24, 2.45) is 5.92 Å². The zero-order valence-corrected chi connectivity index (χ0v) is 11.3. The van der Waals surface area contributed by atoms with Gasteiger partial charge in [-0.25, -0.2) is 0 Å². The van der Waals surface area contributed by atoms with Gasteiger partial charge in [0.1, 0.15) is 0 Å². The summed E-state index contributed by atoms with van der Waals surface area (Å²) in [4.78, 5) is 2.43. The quantitative estimate of drug-likeness (QED) is 0.858. The summed E-state index contributed by atoms with van der Waals surface area (Å²) >= 11 is 0. The van der Waals surface area contributed by atoms with Crippen molar-refractivity contribution in [3.63, 3.8) is 0 Å². The monoisotopic (exact) mass is 232 g/mol. The van der Waals surface area contributed by atoms with E-state index in [2.05, 4.69) is 49.3 Å². The van der Waals surface area contributed by atoms with Crippen LogP contribution < -0.4 is 5.32 Å². The van der Waals surface area contributed by atoms with Crippen LogP contribution in [0.5, 0.6) is 0 Å². The largest absolute Gasteiger partial charge is 0.385 e. The van der Waals surface area contributed by atoms with E-state index in [0.29, 0.717) is 0 Å². The molecule has 1 aromatic carbocycles. The van der Waals surface area contributed by atoms with Crippen LogP contribution in [0.15, 0.2) is 18.2 Å². The summed E-state index contributed by atoms with van der Waals surface area (Å²) in [7, 11) is 2.22. The van der Waals surface area contributed by atoms with Gasteiger partial charge in [0.25, 0.3) is 0 Å². The normalized spacial score (nSPS) is 14.9. The molecule has 94 valence electrons. The average Bonchev–Trinajstić information content (AvgIpc) is 2.28. The first kappa shape index (κ1) is 12.4. The number of benzene rings is 1. The lowest BCUT2D eigenvalue weighted by atomic mass is 9.97. The summed E-state index contributed by atoms with van der Waals surface area (Å²) in [6.45, 7) is 7.91. The maximum absolute atomic E-state index is 3.50. The second-order valence-electron chi connectivity index (χ2n) is 5.56. The molecule has 0 saturated carbocycles. The lowest BCUT2D eigenvalue weighted by Gasteiger charge is -2.24. The first-order valence-corrected chi connectivity index (χ1v) is 6.70. The van der Waals surface area contributed by atoms with Crippen LogP contribution >= 0.6 is 0 Å². The lowest BCUT2D eigenvalue weighted by molar-refractivity contribution is 0.287. The highest BCUT2D eigenvalue weighted by Gasteiger charge is 2.13. The van der Waals surface area contributed by atoms with Crippen LogP contribution in [0, 0.1) is 5.92 Å². The SMILES string of the molecule is CC(C)CN(C)Cc1cccc2c1CCCN2. The summed E-state index contributed by atoms with van der Waals surface area (Å²) < 4.78 is 0. The highest BCUT2D eigenvalue weighted by molar-refractivity contribution is 5.56. The van der Waals surface area contributed by atoms with E-state index in [1.807, 2.05) is 0 Å². The highest BCUT2D eigenvalue weighted by Crippen LogP contribution is 2.26. The van der Waals surface area contributed by atoms with Crippen molar-refractivity contribution in [1.29, 1.82) is 0 Å². The molecule has 0 fully saturated rings. The summed E-state index contributed by atoms with van der Waals surface area (Å²) in [6.07, 6.45) is 2.49. The summed E-state index contributed by atoms with van der Waals surface area (Å²) in [5.74, 6) is 0.734. The minimum atomic E-state index is 0.734. The molecule has 1 N–H and O–H groups in total. The molecule has 0 aromatic heterocycles. The predicted molar refractivity (Wildman–Crippen MR) is 74.4 cm³/mol. The maximum Gasteiger partial charge on any atom is 0.0375 e. The zero-order chi connectivity index (χ0) is 12.3. The van der Waals surface area contributed by atoms with Crippen molar-refractivity contribution in [3.05, 3.63) is 29.3 Å². The van der Waals surface area contributed by atoms with Crippen molar-refractivity contribution in [1.82, 2.24) is 4.90 Å². The molecule has 0 amide bonds. The van der Waals surface area contributed by atoms with E-state index >= 15 is 0 Å². The smallest absolute Gasteiger partial charge is 0.0375 e. The van der Waals surface area contributed by atoms with Gasteiger partial charge in [-0.1, -0.05) is 26.0 Å². The van der Waals surface area contributed by atoms with Gasteiger partial charge in [0.05, 0.1) is 0 Å². The number of anilines is 1. The third kappa shape index (κ3) is 3.22. The molecule has 0 saturated heterocycles. The van der Waals surface area contributed by atoms with Gasteiger partial charge in [0.2, 0.25) is 0 Å². The lowest BCUT2D eigenvalue weighted by Crippen LogP contribution is -2.24. The second kappa shape index (κ2) is 5.54.